The molecule has 1 aromatic rings. The molecule has 1 fully saturated rings. The molecule has 3 rings (SSSR count). The van der Waals surface area contributed by atoms with E-state index in [9.17, 15) is 9.90 Å². The van der Waals surface area contributed by atoms with Gasteiger partial charge in [0.2, 0.25) is 0 Å². The first kappa shape index (κ1) is 10.6. The Hall–Kier alpha value is -1.51. The number of phenols is 1. The second kappa shape index (κ2) is 3.49. The summed E-state index contributed by atoms with van der Waals surface area (Å²) in [6.07, 6.45) is 2.89. The van der Waals surface area contributed by atoms with Crippen LogP contribution in [0.5, 0.6) is 5.75 Å². The molecule has 0 aliphatic heterocycles. The molecule has 90 valence electrons. The molecule has 1 spiro atoms. The first-order chi connectivity index (χ1) is 8.17. The van der Waals surface area contributed by atoms with Gasteiger partial charge in [-0.05, 0) is 49.4 Å². The van der Waals surface area contributed by atoms with Crippen LogP contribution in [-0.2, 0) is 21.4 Å². The summed E-state index contributed by atoms with van der Waals surface area (Å²) >= 11 is 0. The molecule has 0 radical (unpaired) electrons. The molecule has 0 saturated heterocycles. The van der Waals surface area contributed by atoms with Crippen LogP contribution in [0.15, 0.2) is 18.2 Å². The van der Waals surface area contributed by atoms with Crippen LogP contribution >= 0.6 is 0 Å². The summed E-state index contributed by atoms with van der Waals surface area (Å²) in [5.74, 6) is 0.216. The van der Waals surface area contributed by atoms with Crippen molar-refractivity contribution in [3.8, 4) is 5.75 Å². The Labute approximate surface area is 100 Å². The molecule has 1 N–H and O–H groups in total. The molecule has 2 aliphatic carbocycles. The van der Waals surface area contributed by atoms with E-state index in [0.717, 1.165) is 24.8 Å². The molecular formula is C14H16O3. The van der Waals surface area contributed by atoms with Gasteiger partial charge in [-0.2, -0.15) is 0 Å². The van der Waals surface area contributed by atoms with Gasteiger partial charge >= 0.3 is 5.97 Å². The SMILES string of the molecule is CCOC(=O)[C@H]1C[C@@]12CCc1ccc(O)cc12. The predicted molar refractivity (Wildman–Crippen MR) is 62.8 cm³/mol. The monoisotopic (exact) mass is 232 g/mol. The van der Waals surface area contributed by atoms with Crippen molar-refractivity contribution in [1.82, 2.24) is 0 Å². The number of ether oxygens (including phenoxy) is 1. The molecule has 0 unspecified atom stereocenters. The van der Waals surface area contributed by atoms with Crippen molar-refractivity contribution in [1.29, 1.82) is 0 Å². The summed E-state index contributed by atoms with van der Waals surface area (Å²) in [6.45, 7) is 2.28. The van der Waals surface area contributed by atoms with Gasteiger partial charge < -0.3 is 9.84 Å². The lowest BCUT2D eigenvalue weighted by atomic mass is 9.95. The zero-order chi connectivity index (χ0) is 12.0. The quantitative estimate of drug-likeness (QED) is 0.795. The third-order valence-electron chi connectivity index (χ3n) is 4.12. The summed E-state index contributed by atoms with van der Waals surface area (Å²) in [7, 11) is 0. The Kier molecular flexibility index (Phi) is 2.18. The molecule has 17 heavy (non-hydrogen) atoms. The molecule has 3 nitrogen and oxygen atoms in total. The Bertz CT molecular complexity index is 480. The lowest BCUT2D eigenvalue weighted by Gasteiger charge is -2.11. The van der Waals surface area contributed by atoms with E-state index in [2.05, 4.69) is 0 Å². The Balaban J connectivity index is 1.90. The zero-order valence-corrected chi connectivity index (χ0v) is 9.90. The fourth-order valence-corrected chi connectivity index (χ4v) is 3.17. The van der Waals surface area contributed by atoms with Gasteiger partial charge in [-0.1, -0.05) is 6.07 Å². The van der Waals surface area contributed by atoms with Gasteiger partial charge in [-0.15, -0.1) is 0 Å². The second-order valence-corrected chi connectivity index (χ2v) is 5.01. The number of esters is 1. The average Bonchev–Trinajstić information content (AvgIpc) is 2.93. The first-order valence-corrected chi connectivity index (χ1v) is 6.16. The number of rotatable bonds is 2. The van der Waals surface area contributed by atoms with Gasteiger partial charge in [0.05, 0.1) is 12.5 Å². The van der Waals surface area contributed by atoms with Crippen LogP contribution < -0.4 is 0 Å². The highest BCUT2D eigenvalue weighted by Gasteiger charge is 2.62. The molecule has 1 aromatic carbocycles. The van der Waals surface area contributed by atoms with Crippen LogP contribution in [0.1, 0.15) is 30.9 Å². The third-order valence-corrected chi connectivity index (χ3v) is 4.12. The molecule has 0 amide bonds. The Morgan fingerprint density at radius 3 is 3.18 bits per heavy atom. The number of fused-ring (bicyclic) bond motifs is 2. The minimum Gasteiger partial charge on any atom is -0.508 e. The highest BCUT2D eigenvalue weighted by atomic mass is 16.5. The lowest BCUT2D eigenvalue weighted by Crippen LogP contribution is -2.15. The van der Waals surface area contributed by atoms with Gasteiger partial charge in [-0.25, -0.2) is 0 Å². The van der Waals surface area contributed by atoms with E-state index in [1.807, 2.05) is 19.1 Å². The number of hydrogen-bond donors (Lipinski definition) is 1. The molecular weight excluding hydrogens is 216 g/mol. The normalized spacial score (nSPS) is 29.1. The molecule has 1 saturated carbocycles. The van der Waals surface area contributed by atoms with Crippen LogP contribution in [-0.4, -0.2) is 17.7 Å². The van der Waals surface area contributed by atoms with E-state index in [1.54, 1.807) is 6.07 Å². The highest BCUT2D eigenvalue weighted by Crippen LogP contribution is 2.62. The fourth-order valence-electron chi connectivity index (χ4n) is 3.17. The van der Waals surface area contributed by atoms with Crippen LogP contribution in [0.3, 0.4) is 0 Å². The summed E-state index contributed by atoms with van der Waals surface area (Å²) in [6, 6.07) is 5.51. The van der Waals surface area contributed by atoms with Gasteiger partial charge in [-0.3, -0.25) is 4.79 Å². The number of benzene rings is 1. The number of aromatic hydroxyl groups is 1. The van der Waals surface area contributed by atoms with E-state index in [-0.39, 0.29) is 17.3 Å². The van der Waals surface area contributed by atoms with E-state index in [1.165, 1.54) is 5.56 Å². The predicted octanol–water partition coefficient (Wildman–Crippen LogP) is 2.16. The van der Waals surface area contributed by atoms with Crippen LogP contribution in [0, 0.1) is 5.92 Å². The van der Waals surface area contributed by atoms with Gasteiger partial charge in [0.1, 0.15) is 5.75 Å². The van der Waals surface area contributed by atoms with Crippen molar-refractivity contribution < 1.29 is 14.6 Å². The summed E-state index contributed by atoms with van der Waals surface area (Å²) in [4.78, 5) is 11.8. The maximum Gasteiger partial charge on any atom is 0.309 e. The minimum atomic E-state index is -0.0799. The number of carbonyl (C=O) groups is 1. The van der Waals surface area contributed by atoms with Crippen LogP contribution in [0.2, 0.25) is 0 Å². The van der Waals surface area contributed by atoms with Gasteiger partial charge in [0.25, 0.3) is 0 Å². The van der Waals surface area contributed by atoms with E-state index in [4.69, 9.17) is 4.74 Å². The molecule has 2 aliphatic rings. The standard InChI is InChI=1S/C14H16O3/c1-2-17-13(16)12-8-14(12)6-5-9-3-4-10(15)7-11(9)14/h3-4,7,12,15H,2,5-6,8H2,1H3/t12-,14-/m1/s1. The fraction of sp³-hybridized carbons (Fsp3) is 0.500. The zero-order valence-electron chi connectivity index (χ0n) is 9.90. The van der Waals surface area contributed by atoms with Crippen molar-refractivity contribution in [3.63, 3.8) is 0 Å². The third kappa shape index (κ3) is 1.45. The van der Waals surface area contributed by atoms with E-state index >= 15 is 0 Å². The van der Waals surface area contributed by atoms with Crippen LogP contribution in [0.4, 0.5) is 0 Å². The number of aryl methyl sites for hydroxylation is 1. The Morgan fingerprint density at radius 1 is 1.59 bits per heavy atom. The number of carbonyl (C=O) groups excluding carboxylic acids is 1. The smallest absolute Gasteiger partial charge is 0.309 e. The van der Waals surface area contributed by atoms with Crippen molar-refractivity contribution in [2.45, 2.75) is 31.6 Å². The van der Waals surface area contributed by atoms with Crippen LogP contribution in [0.25, 0.3) is 0 Å². The van der Waals surface area contributed by atoms with Gasteiger partial charge in [0, 0.05) is 5.41 Å². The summed E-state index contributed by atoms with van der Waals surface area (Å²) < 4.78 is 5.10. The second-order valence-electron chi connectivity index (χ2n) is 5.01. The minimum absolute atomic E-state index is 0.00509. The van der Waals surface area contributed by atoms with Crippen molar-refractivity contribution in [3.05, 3.63) is 29.3 Å². The number of phenolic OH excluding ortho intramolecular Hbond substituents is 1. The topological polar surface area (TPSA) is 46.5 Å². The van der Waals surface area contributed by atoms with Gasteiger partial charge in [0.15, 0.2) is 0 Å². The van der Waals surface area contributed by atoms with Crippen molar-refractivity contribution >= 4 is 5.97 Å². The average molecular weight is 232 g/mol. The van der Waals surface area contributed by atoms with E-state index < -0.39 is 0 Å². The maximum absolute atomic E-state index is 11.8. The van der Waals surface area contributed by atoms with Crippen molar-refractivity contribution in [2.24, 2.45) is 5.92 Å². The highest BCUT2D eigenvalue weighted by molar-refractivity contribution is 5.80. The molecule has 0 aromatic heterocycles. The van der Waals surface area contributed by atoms with Crippen molar-refractivity contribution in [2.75, 3.05) is 6.61 Å². The Morgan fingerprint density at radius 2 is 2.41 bits per heavy atom. The lowest BCUT2D eigenvalue weighted by molar-refractivity contribution is -0.145. The molecule has 0 heterocycles. The first-order valence-electron chi connectivity index (χ1n) is 6.16. The maximum atomic E-state index is 11.8. The largest absolute Gasteiger partial charge is 0.508 e. The summed E-state index contributed by atoms with van der Waals surface area (Å²) in [5.41, 5.74) is 2.41. The molecule has 2 atom stereocenters. The molecule has 0 bridgehead atoms. The number of hydrogen-bond acceptors (Lipinski definition) is 3. The summed E-state index contributed by atoms with van der Waals surface area (Å²) in [5, 5.41) is 9.57. The molecule has 3 heteroatoms. The van der Waals surface area contributed by atoms with E-state index in [0.29, 0.717) is 12.4 Å².